The summed E-state index contributed by atoms with van der Waals surface area (Å²) in [5.74, 6) is 0.854. The van der Waals surface area contributed by atoms with Gasteiger partial charge in [0.2, 0.25) is 0 Å². The van der Waals surface area contributed by atoms with Crippen LogP contribution in [0.4, 0.5) is 0 Å². The molecule has 0 radical (unpaired) electrons. The Morgan fingerprint density at radius 1 is 1.41 bits per heavy atom. The van der Waals surface area contributed by atoms with Gasteiger partial charge in [-0.25, -0.2) is 0 Å². The van der Waals surface area contributed by atoms with Crippen LogP contribution >= 0.6 is 0 Å². The van der Waals surface area contributed by atoms with Crippen LogP contribution in [0, 0.1) is 12.8 Å². The molecule has 0 bridgehead atoms. The summed E-state index contributed by atoms with van der Waals surface area (Å²) in [6, 6.07) is 8.51. The zero-order valence-electron chi connectivity index (χ0n) is 10.9. The Hall–Kier alpha value is -1.15. The normalized spacial score (nSPS) is 17.2. The van der Waals surface area contributed by atoms with E-state index in [1.165, 1.54) is 0 Å². The van der Waals surface area contributed by atoms with Crippen LogP contribution in [-0.4, -0.2) is 29.8 Å². The minimum atomic E-state index is 0.294. The van der Waals surface area contributed by atoms with Gasteiger partial charge in [0.15, 0.2) is 5.78 Å². The minimum absolute atomic E-state index is 0.294. The number of aryl methyl sites for hydroxylation is 1. The molecule has 0 aliphatic carbocycles. The van der Waals surface area contributed by atoms with Gasteiger partial charge in [-0.05, 0) is 32.8 Å². The van der Waals surface area contributed by atoms with Crippen LogP contribution in [0.1, 0.15) is 36.2 Å². The number of likely N-dealkylation sites (tertiary alicyclic amines) is 1. The fraction of sp³-hybridized carbons (Fsp3) is 0.533. The van der Waals surface area contributed by atoms with Gasteiger partial charge in [-0.3, -0.25) is 4.79 Å². The average Bonchev–Trinajstić information content (AvgIpc) is 2.21. The molecule has 92 valence electrons. The van der Waals surface area contributed by atoms with Crippen molar-refractivity contribution >= 4 is 5.78 Å². The van der Waals surface area contributed by atoms with E-state index in [0.717, 1.165) is 24.2 Å². The summed E-state index contributed by atoms with van der Waals surface area (Å²) in [5.41, 5.74) is 2.03. The SMILES string of the molecule is Cc1cccc(C(=O)CC2CN(C(C)C)C2)c1. The number of Topliss-reactive ketones (excluding diaryl/α,β-unsaturated/α-hetero) is 1. The molecule has 0 spiro atoms. The summed E-state index contributed by atoms with van der Waals surface area (Å²) in [6.07, 6.45) is 0.701. The van der Waals surface area contributed by atoms with E-state index >= 15 is 0 Å². The summed E-state index contributed by atoms with van der Waals surface area (Å²) in [5, 5.41) is 0. The van der Waals surface area contributed by atoms with Gasteiger partial charge < -0.3 is 4.90 Å². The maximum absolute atomic E-state index is 12.1. The zero-order valence-corrected chi connectivity index (χ0v) is 10.9. The first kappa shape index (κ1) is 12.3. The molecule has 0 N–H and O–H groups in total. The monoisotopic (exact) mass is 231 g/mol. The highest BCUT2D eigenvalue weighted by Crippen LogP contribution is 2.23. The molecular formula is C15H21NO. The summed E-state index contributed by atoms with van der Waals surface area (Å²) in [7, 11) is 0. The van der Waals surface area contributed by atoms with Crippen molar-refractivity contribution in [3.8, 4) is 0 Å². The van der Waals surface area contributed by atoms with E-state index in [9.17, 15) is 4.79 Å². The van der Waals surface area contributed by atoms with Gasteiger partial charge >= 0.3 is 0 Å². The van der Waals surface area contributed by atoms with Crippen molar-refractivity contribution in [1.29, 1.82) is 0 Å². The fourth-order valence-corrected chi connectivity index (χ4v) is 2.36. The van der Waals surface area contributed by atoms with E-state index in [-0.39, 0.29) is 0 Å². The third-order valence-electron chi connectivity index (χ3n) is 3.53. The van der Waals surface area contributed by atoms with Crippen LogP contribution in [0.25, 0.3) is 0 Å². The maximum atomic E-state index is 12.1. The highest BCUT2D eigenvalue weighted by atomic mass is 16.1. The predicted octanol–water partition coefficient (Wildman–Crippen LogP) is 2.91. The quantitative estimate of drug-likeness (QED) is 0.743. The lowest BCUT2D eigenvalue weighted by Crippen LogP contribution is -2.50. The van der Waals surface area contributed by atoms with Crippen LogP contribution in [0.5, 0.6) is 0 Å². The lowest BCUT2D eigenvalue weighted by molar-refractivity contribution is 0.0562. The second-order valence-electron chi connectivity index (χ2n) is 5.41. The minimum Gasteiger partial charge on any atom is -0.300 e. The van der Waals surface area contributed by atoms with Crippen LogP contribution in [0.15, 0.2) is 24.3 Å². The number of ketones is 1. The topological polar surface area (TPSA) is 20.3 Å². The molecule has 1 fully saturated rings. The third kappa shape index (κ3) is 2.95. The van der Waals surface area contributed by atoms with Crippen molar-refractivity contribution < 1.29 is 4.79 Å². The molecule has 1 saturated heterocycles. The molecule has 0 unspecified atom stereocenters. The molecule has 1 aliphatic rings. The lowest BCUT2D eigenvalue weighted by atomic mass is 9.90. The maximum Gasteiger partial charge on any atom is 0.163 e. The number of hydrogen-bond acceptors (Lipinski definition) is 2. The second kappa shape index (κ2) is 5.01. The van der Waals surface area contributed by atoms with Gasteiger partial charge in [0.1, 0.15) is 0 Å². The highest BCUT2D eigenvalue weighted by molar-refractivity contribution is 5.96. The van der Waals surface area contributed by atoms with Crippen LogP contribution in [0.3, 0.4) is 0 Å². The molecular weight excluding hydrogens is 210 g/mol. The van der Waals surface area contributed by atoms with Gasteiger partial charge in [-0.2, -0.15) is 0 Å². The molecule has 0 saturated carbocycles. The van der Waals surface area contributed by atoms with Gasteiger partial charge in [-0.1, -0.05) is 23.8 Å². The summed E-state index contributed by atoms with van der Waals surface area (Å²) >= 11 is 0. The van der Waals surface area contributed by atoms with E-state index in [1.807, 2.05) is 31.2 Å². The van der Waals surface area contributed by atoms with Crippen LogP contribution in [-0.2, 0) is 0 Å². The molecule has 2 heteroatoms. The molecule has 1 aromatic rings. The molecule has 2 nitrogen and oxygen atoms in total. The van der Waals surface area contributed by atoms with Gasteiger partial charge in [0.05, 0.1) is 0 Å². The van der Waals surface area contributed by atoms with E-state index in [1.54, 1.807) is 0 Å². The van der Waals surface area contributed by atoms with Gasteiger partial charge in [-0.15, -0.1) is 0 Å². The average molecular weight is 231 g/mol. The molecule has 17 heavy (non-hydrogen) atoms. The second-order valence-corrected chi connectivity index (χ2v) is 5.41. The summed E-state index contributed by atoms with van der Waals surface area (Å²) in [4.78, 5) is 14.5. The Bertz CT molecular complexity index is 405. The molecule has 0 atom stereocenters. The molecule has 0 amide bonds. The number of benzene rings is 1. The van der Waals surface area contributed by atoms with Crippen LogP contribution < -0.4 is 0 Å². The van der Waals surface area contributed by atoms with Crippen molar-refractivity contribution in [1.82, 2.24) is 4.90 Å². The van der Waals surface area contributed by atoms with Crippen molar-refractivity contribution in [2.24, 2.45) is 5.92 Å². The van der Waals surface area contributed by atoms with E-state index < -0.39 is 0 Å². The van der Waals surface area contributed by atoms with Crippen molar-refractivity contribution in [2.45, 2.75) is 33.2 Å². The Morgan fingerprint density at radius 3 is 2.71 bits per heavy atom. The van der Waals surface area contributed by atoms with E-state index in [2.05, 4.69) is 18.7 Å². The van der Waals surface area contributed by atoms with Gasteiger partial charge in [0, 0.05) is 31.1 Å². The Morgan fingerprint density at radius 2 is 2.12 bits per heavy atom. The first-order valence-electron chi connectivity index (χ1n) is 6.40. The molecule has 0 aromatic heterocycles. The van der Waals surface area contributed by atoms with Crippen molar-refractivity contribution in [3.63, 3.8) is 0 Å². The summed E-state index contributed by atoms with van der Waals surface area (Å²) in [6.45, 7) is 8.60. The number of rotatable bonds is 4. The van der Waals surface area contributed by atoms with Crippen molar-refractivity contribution in [3.05, 3.63) is 35.4 Å². The van der Waals surface area contributed by atoms with E-state index in [0.29, 0.717) is 24.2 Å². The fourth-order valence-electron chi connectivity index (χ4n) is 2.36. The standard InChI is InChI=1S/C15H21NO/c1-11(2)16-9-13(10-16)8-15(17)14-6-4-5-12(3)7-14/h4-7,11,13H,8-10H2,1-3H3. The zero-order chi connectivity index (χ0) is 12.4. The Kier molecular flexibility index (Phi) is 3.63. The first-order chi connectivity index (χ1) is 8.06. The number of hydrogen-bond donors (Lipinski definition) is 0. The third-order valence-corrected chi connectivity index (χ3v) is 3.53. The largest absolute Gasteiger partial charge is 0.300 e. The molecule has 1 heterocycles. The smallest absolute Gasteiger partial charge is 0.163 e. The predicted molar refractivity (Wildman–Crippen MR) is 70.3 cm³/mol. The Labute approximate surface area is 104 Å². The molecule has 1 aliphatic heterocycles. The summed E-state index contributed by atoms with van der Waals surface area (Å²) < 4.78 is 0. The lowest BCUT2D eigenvalue weighted by Gasteiger charge is -2.41. The number of carbonyl (C=O) groups excluding carboxylic acids is 1. The van der Waals surface area contributed by atoms with Crippen molar-refractivity contribution in [2.75, 3.05) is 13.1 Å². The molecule has 2 rings (SSSR count). The van der Waals surface area contributed by atoms with E-state index in [4.69, 9.17) is 0 Å². The Balaban J connectivity index is 1.87. The van der Waals surface area contributed by atoms with Gasteiger partial charge in [0.25, 0.3) is 0 Å². The molecule has 1 aromatic carbocycles. The van der Waals surface area contributed by atoms with Crippen LogP contribution in [0.2, 0.25) is 0 Å². The highest BCUT2D eigenvalue weighted by Gasteiger charge is 2.30. The number of carbonyl (C=O) groups is 1. The number of nitrogens with zero attached hydrogens (tertiary/aromatic N) is 1. The first-order valence-corrected chi connectivity index (χ1v) is 6.40.